The van der Waals surface area contributed by atoms with Crippen molar-refractivity contribution in [1.29, 1.82) is 0 Å². The molecular weight excluding hydrogens is 521 g/mol. The van der Waals surface area contributed by atoms with Crippen LogP contribution in [0.2, 0.25) is 0 Å². The van der Waals surface area contributed by atoms with E-state index in [0.29, 0.717) is 30.4 Å². The van der Waals surface area contributed by atoms with Crippen LogP contribution >= 0.6 is 24.0 Å². The number of aliphatic imine (C=N–C) groups is 1. The Balaban J connectivity index is 0.00000289. The molecule has 0 aliphatic carbocycles. The average molecular weight is 549 g/mol. The van der Waals surface area contributed by atoms with Gasteiger partial charge in [0, 0.05) is 52.4 Å². The van der Waals surface area contributed by atoms with Gasteiger partial charge in [0.25, 0.3) is 5.89 Å². The number of nitrogens with one attached hydrogen (secondary N) is 1. The molecule has 170 valence electrons. The van der Waals surface area contributed by atoms with Crippen molar-refractivity contribution in [2.45, 2.75) is 6.42 Å². The number of ether oxygens (including phenoxy) is 1. The fourth-order valence-electron chi connectivity index (χ4n) is 3.62. The Bertz CT molecular complexity index is 1000. The highest BCUT2D eigenvalue weighted by molar-refractivity contribution is 14.0. The third kappa shape index (κ3) is 5.67. The second-order valence-corrected chi connectivity index (χ2v) is 7.10. The Morgan fingerprint density at radius 2 is 1.91 bits per heavy atom. The zero-order valence-electron chi connectivity index (χ0n) is 18.3. The summed E-state index contributed by atoms with van der Waals surface area (Å²) in [5.74, 6) is 2.87. The molecule has 1 aliphatic rings. The number of rotatable bonds is 6. The van der Waals surface area contributed by atoms with Crippen LogP contribution in [0, 0.1) is 0 Å². The maximum Gasteiger partial charge on any atom is 0.276 e. The Hall–Kier alpha value is -2.89. The maximum absolute atomic E-state index is 5.50. The lowest BCUT2D eigenvalue weighted by molar-refractivity contribution is 0.367. The number of guanidine groups is 1. The van der Waals surface area contributed by atoms with Crippen molar-refractivity contribution in [2.75, 3.05) is 51.8 Å². The molecular formula is C22H28IN7O2. The Kier molecular flexibility index (Phi) is 8.65. The number of pyridine rings is 1. The van der Waals surface area contributed by atoms with Crippen molar-refractivity contribution in [3.63, 3.8) is 0 Å². The van der Waals surface area contributed by atoms with Gasteiger partial charge in [0.2, 0.25) is 0 Å². The van der Waals surface area contributed by atoms with Crippen molar-refractivity contribution < 1.29 is 9.26 Å². The highest BCUT2D eigenvalue weighted by Gasteiger charge is 2.21. The minimum Gasteiger partial charge on any atom is -0.495 e. The van der Waals surface area contributed by atoms with Crippen LogP contribution in [-0.4, -0.2) is 72.9 Å². The second-order valence-electron chi connectivity index (χ2n) is 7.10. The largest absolute Gasteiger partial charge is 0.495 e. The lowest BCUT2D eigenvalue weighted by Gasteiger charge is -2.38. The summed E-state index contributed by atoms with van der Waals surface area (Å²) in [6.45, 7) is 4.23. The Labute approximate surface area is 204 Å². The predicted octanol–water partition coefficient (Wildman–Crippen LogP) is 2.70. The van der Waals surface area contributed by atoms with Crippen molar-refractivity contribution in [3.8, 4) is 17.3 Å². The van der Waals surface area contributed by atoms with Gasteiger partial charge in [-0.1, -0.05) is 23.4 Å². The molecule has 9 nitrogen and oxygen atoms in total. The molecule has 0 spiro atoms. The van der Waals surface area contributed by atoms with E-state index in [-0.39, 0.29) is 24.0 Å². The minimum atomic E-state index is 0. The van der Waals surface area contributed by atoms with E-state index in [2.05, 4.69) is 41.3 Å². The number of halogens is 1. The van der Waals surface area contributed by atoms with Gasteiger partial charge >= 0.3 is 0 Å². The molecule has 4 rings (SSSR count). The molecule has 0 unspecified atom stereocenters. The number of para-hydroxylation sites is 2. The quantitative estimate of drug-likeness (QED) is 0.285. The number of aromatic nitrogens is 3. The van der Waals surface area contributed by atoms with Crippen molar-refractivity contribution in [3.05, 3.63) is 54.5 Å². The van der Waals surface area contributed by atoms with Gasteiger partial charge < -0.3 is 24.4 Å². The molecule has 10 heteroatoms. The zero-order chi connectivity index (χ0) is 21.5. The average Bonchev–Trinajstić information content (AvgIpc) is 3.31. The van der Waals surface area contributed by atoms with E-state index < -0.39 is 0 Å². The first-order valence-corrected chi connectivity index (χ1v) is 10.4. The summed E-state index contributed by atoms with van der Waals surface area (Å²) in [5.41, 5.74) is 1.81. The van der Waals surface area contributed by atoms with Crippen LogP contribution in [-0.2, 0) is 6.42 Å². The predicted molar refractivity (Wildman–Crippen MR) is 135 cm³/mol. The van der Waals surface area contributed by atoms with Crippen molar-refractivity contribution in [1.82, 2.24) is 25.3 Å². The summed E-state index contributed by atoms with van der Waals surface area (Å²) in [7, 11) is 3.52. The highest BCUT2D eigenvalue weighted by atomic mass is 127. The van der Waals surface area contributed by atoms with E-state index in [1.165, 1.54) is 0 Å². The molecule has 3 heterocycles. The Morgan fingerprint density at radius 1 is 1.12 bits per heavy atom. The van der Waals surface area contributed by atoms with E-state index in [1.807, 2.05) is 43.4 Å². The van der Waals surface area contributed by atoms with E-state index in [0.717, 1.165) is 43.6 Å². The molecule has 1 saturated heterocycles. The van der Waals surface area contributed by atoms with Gasteiger partial charge in [-0.3, -0.25) is 9.98 Å². The fraction of sp³-hybridized carbons (Fsp3) is 0.364. The van der Waals surface area contributed by atoms with Gasteiger partial charge in [-0.15, -0.1) is 24.0 Å². The third-order valence-corrected chi connectivity index (χ3v) is 5.20. The minimum absolute atomic E-state index is 0. The molecule has 0 radical (unpaired) electrons. The summed E-state index contributed by atoms with van der Waals surface area (Å²) in [6.07, 6.45) is 2.34. The number of anilines is 1. The molecule has 2 aromatic heterocycles. The van der Waals surface area contributed by atoms with E-state index >= 15 is 0 Å². The summed E-state index contributed by atoms with van der Waals surface area (Å²) in [5, 5.41) is 7.46. The molecule has 32 heavy (non-hydrogen) atoms. The first-order chi connectivity index (χ1) is 15.3. The summed E-state index contributed by atoms with van der Waals surface area (Å²) in [6, 6.07) is 13.7. The van der Waals surface area contributed by atoms with Crippen molar-refractivity contribution >= 4 is 35.6 Å². The molecule has 1 aliphatic heterocycles. The van der Waals surface area contributed by atoms with E-state index in [4.69, 9.17) is 9.26 Å². The standard InChI is InChI=1S/C22H27N7O2.HI/c1-23-22(25-12-10-20-26-21(31-27-20)17-7-5-6-11-24-17)29-15-13-28(14-16-29)18-8-3-4-9-19(18)30-2;/h3-9,11H,10,12-16H2,1-2H3,(H,23,25);1H. The third-order valence-electron chi connectivity index (χ3n) is 5.20. The first-order valence-electron chi connectivity index (χ1n) is 10.4. The van der Waals surface area contributed by atoms with Gasteiger partial charge in [0.1, 0.15) is 11.4 Å². The molecule has 1 N–H and O–H groups in total. The number of hydrogen-bond acceptors (Lipinski definition) is 7. The van der Waals surface area contributed by atoms with Gasteiger partial charge in [-0.05, 0) is 24.3 Å². The van der Waals surface area contributed by atoms with Crippen LogP contribution in [0.3, 0.4) is 0 Å². The summed E-state index contributed by atoms with van der Waals surface area (Å²) >= 11 is 0. The lowest BCUT2D eigenvalue weighted by Crippen LogP contribution is -2.52. The number of methoxy groups -OCH3 is 1. The normalized spacial score (nSPS) is 14.1. The lowest BCUT2D eigenvalue weighted by atomic mass is 10.2. The molecule has 0 atom stereocenters. The molecule has 3 aromatic rings. The molecule has 0 amide bonds. The summed E-state index contributed by atoms with van der Waals surface area (Å²) in [4.78, 5) is 17.7. The van der Waals surface area contributed by atoms with Gasteiger partial charge in [0.15, 0.2) is 11.8 Å². The van der Waals surface area contributed by atoms with Crippen LogP contribution in [0.1, 0.15) is 5.82 Å². The smallest absolute Gasteiger partial charge is 0.276 e. The zero-order valence-corrected chi connectivity index (χ0v) is 20.6. The molecule has 1 aromatic carbocycles. The fourth-order valence-corrected chi connectivity index (χ4v) is 3.62. The molecule has 0 bridgehead atoms. The number of nitrogens with zero attached hydrogens (tertiary/aromatic N) is 6. The monoisotopic (exact) mass is 549 g/mol. The molecule has 1 fully saturated rings. The van der Waals surface area contributed by atoms with Crippen LogP contribution in [0.5, 0.6) is 5.75 Å². The van der Waals surface area contributed by atoms with Crippen LogP contribution in [0.25, 0.3) is 11.6 Å². The van der Waals surface area contributed by atoms with Gasteiger partial charge in [-0.25, -0.2) is 0 Å². The van der Waals surface area contributed by atoms with Crippen LogP contribution < -0.4 is 15.0 Å². The van der Waals surface area contributed by atoms with E-state index in [1.54, 1.807) is 13.3 Å². The van der Waals surface area contributed by atoms with Gasteiger partial charge in [0.05, 0.1) is 12.8 Å². The number of piperazine rings is 1. The highest BCUT2D eigenvalue weighted by Crippen LogP contribution is 2.28. The van der Waals surface area contributed by atoms with Crippen molar-refractivity contribution in [2.24, 2.45) is 4.99 Å². The topological polar surface area (TPSA) is 91.9 Å². The van der Waals surface area contributed by atoms with Crippen LogP contribution in [0.15, 0.2) is 58.2 Å². The van der Waals surface area contributed by atoms with Gasteiger partial charge in [-0.2, -0.15) is 4.98 Å². The maximum atomic E-state index is 5.50. The Morgan fingerprint density at radius 3 is 2.62 bits per heavy atom. The second kappa shape index (κ2) is 11.7. The number of hydrogen-bond donors (Lipinski definition) is 1. The van der Waals surface area contributed by atoms with Crippen LogP contribution in [0.4, 0.5) is 5.69 Å². The SMILES string of the molecule is CN=C(NCCc1noc(-c2ccccn2)n1)N1CCN(c2ccccc2OC)CC1.I. The van der Waals surface area contributed by atoms with E-state index in [9.17, 15) is 0 Å². The first kappa shape index (κ1) is 23.8. The molecule has 0 saturated carbocycles. The summed E-state index contributed by atoms with van der Waals surface area (Å²) < 4.78 is 10.8. The number of benzene rings is 1.